The van der Waals surface area contributed by atoms with Crippen LogP contribution in [0.4, 0.5) is 10.1 Å². The van der Waals surface area contributed by atoms with Gasteiger partial charge in [-0.1, -0.05) is 0 Å². The first kappa shape index (κ1) is 18.7. The van der Waals surface area contributed by atoms with Crippen LogP contribution in [0.3, 0.4) is 0 Å². The Morgan fingerprint density at radius 3 is 2.91 bits per heavy atom. The molecule has 1 fully saturated rings. The van der Waals surface area contributed by atoms with Crippen molar-refractivity contribution in [3.8, 4) is 5.75 Å². The van der Waals surface area contributed by atoms with Gasteiger partial charge in [0.2, 0.25) is 5.91 Å². The Morgan fingerprint density at radius 1 is 1.45 bits per heavy atom. The SMILES string of the molecule is COCCOc1ccc(NC(=O)CC2CCCN2)cc1F.Cl. The zero-order chi connectivity index (χ0) is 15.1. The highest BCUT2D eigenvalue weighted by Gasteiger charge is 2.17. The molecule has 7 heteroatoms. The smallest absolute Gasteiger partial charge is 0.225 e. The molecule has 2 N–H and O–H groups in total. The van der Waals surface area contributed by atoms with E-state index in [0.717, 1.165) is 19.4 Å². The van der Waals surface area contributed by atoms with Gasteiger partial charge in [-0.15, -0.1) is 12.4 Å². The summed E-state index contributed by atoms with van der Waals surface area (Å²) in [5.41, 5.74) is 0.439. The Labute approximate surface area is 136 Å². The van der Waals surface area contributed by atoms with Gasteiger partial charge in [-0.25, -0.2) is 4.39 Å². The minimum Gasteiger partial charge on any atom is -0.488 e. The molecule has 1 aliphatic heterocycles. The van der Waals surface area contributed by atoms with E-state index in [1.54, 1.807) is 13.2 Å². The summed E-state index contributed by atoms with van der Waals surface area (Å²) >= 11 is 0. The molecule has 124 valence electrons. The van der Waals surface area contributed by atoms with Gasteiger partial charge in [0.25, 0.3) is 0 Å². The van der Waals surface area contributed by atoms with Crippen LogP contribution in [0.1, 0.15) is 19.3 Å². The maximum absolute atomic E-state index is 13.8. The number of hydrogen-bond acceptors (Lipinski definition) is 4. The van der Waals surface area contributed by atoms with Crippen molar-refractivity contribution in [3.63, 3.8) is 0 Å². The molecule has 1 unspecified atom stereocenters. The van der Waals surface area contributed by atoms with Gasteiger partial charge >= 0.3 is 0 Å². The first-order valence-electron chi connectivity index (χ1n) is 7.13. The van der Waals surface area contributed by atoms with Crippen molar-refractivity contribution < 1.29 is 18.7 Å². The topological polar surface area (TPSA) is 59.6 Å². The molecule has 2 rings (SSSR count). The summed E-state index contributed by atoms with van der Waals surface area (Å²) in [5, 5.41) is 5.96. The Kier molecular flexibility index (Phi) is 8.16. The van der Waals surface area contributed by atoms with E-state index in [0.29, 0.717) is 18.7 Å². The Balaban J connectivity index is 0.00000242. The maximum atomic E-state index is 13.8. The van der Waals surface area contributed by atoms with Gasteiger partial charge in [0.15, 0.2) is 11.6 Å². The highest BCUT2D eigenvalue weighted by Crippen LogP contribution is 2.21. The fourth-order valence-corrected chi connectivity index (χ4v) is 2.30. The average Bonchev–Trinajstić information content (AvgIpc) is 2.94. The van der Waals surface area contributed by atoms with Crippen LogP contribution >= 0.6 is 12.4 Å². The van der Waals surface area contributed by atoms with Crippen LogP contribution in [0.2, 0.25) is 0 Å². The molecule has 0 bridgehead atoms. The zero-order valence-electron chi connectivity index (χ0n) is 12.6. The third-order valence-corrected chi connectivity index (χ3v) is 3.35. The minimum absolute atomic E-state index is 0. The molecule has 0 aromatic heterocycles. The van der Waals surface area contributed by atoms with Crippen molar-refractivity contribution in [2.75, 3.05) is 32.2 Å². The molecule has 0 aliphatic carbocycles. The van der Waals surface area contributed by atoms with E-state index in [1.165, 1.54) is 12.1 Å². The maximum Gasteiger partial charge on any atom is 0.225 e. The van der Waals surface area contributed by atoms with Gasteiger partial charge in [-0.2, -0.15) is 0 Å². The van der Waals surface area contributed by atoms with E-state index >= 15 is 0 Å². The number of carbonyl (C=O) groups is 1. The second-order valence-corrected chi connectivity index (χ2v) is 5.03. The number of rotatable bonds is 7. The summed E-state index contributed by atoms with van der Waals surface area (Å²) in [6.45, 7) is 1.64. The number of amides is 1. The summed E-state index contributed by atoms with van der Waals surface area (Å²) in [5.74, 6) is -0.452. The fraction of sp³-hybridized carbons (Fsp3) is 0.533. The second kappa shape index (κ2) is 9.61. The van der Waals surface area contributed by atoms with E-state index in [1.807, 2.05) is 0 Å². The predicted molar refractivity (Wildman–Crippen MR) is 85.3 cm³/mol. The Morgan fingerprint density at radius 2 is 2.27 bits per heavy atom. The van der Waals surface area contributed by atoms with Gasteiger partial charge in [0.05, 0.1) is 6.61 Å². The molecule has 1 aliphatic rings. The quantitative estimate of drug-likeness (QED) is 0.753. The molecular formula is C15H22ClFN2O3. The first-order valence-corrected chi connectivity index (χ1v) is 7.13. The van der Waals surface area contributed by atoms with E-state index in [9.17, 15) is 9.18 Å². The molecule has 0 radical (unpaired) electrons. The molecule has 0 saturated carbocycles. The van der Waals surface area contributed by atoms with E-state index in [2.05, 4.69) is 10.6 Å². The van der Waals surface area contributed by atoms with Crippen molar-refractivity contribution in [1.29, 1.82) is 0 Å². The second-order valence-electron chi connectivity index (χ2n) is 5.03. The van der Waals surface area contributed by atoms with E-state index in [4.69, 9.17) is 9.47 Å². The highest BCUT2D eigenvalue weighted by molar-refractivity contribution is 5.91. The van der Waals surface area contributed by atoms with E-state index < -0.39 is 5.82 Å². The number of benzene rings is 1. The number of carbonyl (C=O) groups excluding carboxylic acids is 1. The number of hydrogen-bond donors (Lipinski definition) is 2. The van der Waals surface area contributed by atoms with Crippen LogP contribution in [-0.2, 0) is 9.53 Å². The highest BCUT2D eigenvalue weighted by atomic mass is 35.5. The Hall–Kier alpha value is -1.37. The van der Waals surface area contributed by atoms with Gasteiger partial charge in [-0.05, 0) is 31.5 Å². The lowest BCUT2D eigenvalue weighted by Gasteiger charge is -2.12. The van der Waals surface area contributed by atoms with Gasteiger partial charge < -0.3 is 20.1 Å². The molecule has 22 heavy (non-hydrogen) atoms. The molecule has 5 nitrogen and oxygen atoms in total. The number of ether oxygens (including phenoxy) is 2. The summed E-state index contributed by atoms with van der Waals surface area (Å²) in [4.78, 5) is 11.9. The van der Waals surface area contributed by atoms with Crippen LogP contribution in [0.5, 0.6) is 5.75 Å². The fourth-order valence-electron chi connectivity index (χ4n) is 2.30. The Bertz CT molecular complexity index is 482. The third-order valence-electron chi connectivity index (χ3n) is 3.35. The third kappa shape index (κ3) is 5.79. The summed E-state index contributed by atoms with van der Waals surface area (Å²) in [6, 6.07) is 4.63. The minimum atomic E-state index is -0.497. The predicted octanol–water partition coefficient (Wildman–Crippen LogP) is 2.35. The molecule has 1 amide bonds. The van der Waals surface area contributed by atoms with Crippen LogP contribution in [-0.4, -0.2) is 38.8 Å². The summed E-state index contributed by atoms with van der Waals surface area (Å²) in [7, 11) is 1.55. The van der Waals surface area contributed by atoms with Crippen molar-refractivity contribution in [2.45, 2.75) is 25.3 Å². The lowest BCUT2D eigenvalue weighted by molar-refractivity contribution is -0.116. The van der Waals surface area contributed by atoms with Crippen molar-refractivity contribution in [3.05, 3.63) is 24.0 Å². The zero-order valence-corrected chi connectivity index (χ0v) is 13.4. The van der Waals surface area contributed by atoms with Crippen molar-refractivity contribution in [1.82, 2.24) is 5.32 Å². The lowest BCUT2D eigenvalue weighted by atomic mass is 10.1. The first-order chi connectivity index (χ1) is 10.2. The molecular weight excluding hydrogens is 311 g/mol. The summed E-state index contributed by atoms with van der Waals surface area (Å²) < 4.78 is 23.9. The standard InChI is InChI=1S/C15H21FN2O3.ClH/c1-20-7-8-21-14-5-4-12(9-13(14)16)18-15(19)10-11-3-2-6-17-11;/h4-5,9,11,17H,2-3,6-8,10H2,1H3,(H,18,19);1H. The number of methoxy groups -OCH3 is 1. The largest absolute Gasteiger partial charge is 0.488 e. The molecule has 0 spiro atoms. The van der Waals surface area contributed by atoms with Gasteiger partial charge in [-0.3, -0.25) is 4.79 Å². The van der Waals surface area contributed by atoms with Crippen molar-refractivity contribution in [2.24, 2.45) is 0 Å². The average molecular weight is 333 g/mol. The number of nitrogens with one attached hydrogen (secondary N) is 2. The van der Waals surface area contributed by atoms with E-state index in [-0.39, 0.29) is 36.7 Å². The van der Waals surface area contributed by atoms with Crippen LogP contribution in [0.15, 0.2) is 18.2 Å². The lowest BCUT2D eigenvalue weighted by Crippen LogP contribution is -2.27. The monoisotopic (exact) mass is 332 g/mol. The summed E-state index contributed by atoms with van der Waals surface area (Å²) in [6.07, 6.45) is 2.52. The molecule has 1 saturated heterocycles. The number of halogens is 2. The van der Waals surface area contributed by atoms with Crippen LogP contribution < -0.4 is 15.4 Å². The molecule has 1 atom stereocenters. The molecule has 1 aromatic carbocycles. The molecule has 1 heterocycles. The van der Waals surface area contributed by atoms with Crippen LogP contribution in [0, 0.1) is 5.82 Å². The van der Waals surface area contributed by atoms with Crippen molar-refractivity contribution >= 4 is 24.0 Å². The van der Waals surface area contributed by atoms with Crippen LogP contribution in [0.25, 0.3) is 0 Å². The normalized spacial score (nSPS) is 16.9. The van der Waals surface area contributed by atoms with Gasteiger partial charge in [0, 0.05) is 31.3 Å². The molecule has 1 aromatic rings. The number of anilines is 1. The van der Waals surface area contributed by atoms with Gasteiger partial charge in [0.1, 0.15) is 6.61 Å².